The van der Waals surface area contributed by atoms with Gasteiger partial charge in [0.05, 0.1) is 94.0 Å². The second-order valence-corrected chi connectivity index (χ2v) is 34.2. The lowest BCUT2D eigenvalue weighted by Crippen LogP contribution is -1.99. The average molecular weight is 1660 g/mol. The molecule has 0 unspecified atom stereocenters. The standard InChI is InChI=1S/C112H136N8O4/c1-17-77-85(25-9)105-101-69-49-45-53-73(61-69)121-57-41-37-33-34-38-43-59-123-75-55-47-51-71(63-75)103-109-89(29-13)81(21-5)97(117-109)67-99-83(23-7)91(31-15)111(119-99)104(112-92(32-16)84(24-8)100(120-112)68-98-82(22-6)90(30-14)110(103)118-98)72-52-48-56-76(64-72)124-60-44-40-36-35-39-42-58-122-74-54-46-50-70(62-74)102(107-86(26-10)78(18-2)94(114-107)65-93(77)113-105)108-88(28-12)80(20-4)96(116-108)66-95-79(19-3)87(27-11)106(101)115-95/h45-56,61-68,113,116-117,120H,17-44,57-60H2,1-16H3. The summed E-state index contributed by atoms with van der Waals surface area (Å²) in [4.78, 5) is 40.4. The van der Waals surface area contributed by atoms with Crippen molar-refractivity contribution in [3.63, 3.8) is 0 Å². The first kappa shape index (κ1) is 88.2. The zero-order valence-corrected chi connectivity index (χ0v) is 77.6. The summed E-state index contributed by atoms with van der Waals surface area (Å²) in [5.74, 6) is 3.51. The molecule has 4 N–H and O–H groups in total. The lowest BCUT2D eigenvalue weighted by molar-refractivity contribution is 0.297. The fraction of sp³-hybridized carbons (Fsp3) is 0.429. The summed E-state index contributed by atoms with van der Waals surface area (Å²) in [7, 11) is 0. The van der Waals surface area contributed by atoms with Crippen LogP contribution in [0, 0.1) is 0 Å². The van der Waals surface area contributed by atoms with Gasteiger partial charge in [-0.2, -0.15) is 0 Å². The first-order valence-electron chi connectivity index (χ1n) is 48.3. The lowest BCUT2D eigenvalue weighted by Gasteiger charge is -2.13. The van der Waals surface area contributed by atoms with Crippen molar-refractivity contribution < 1.29 is 18.9 Å². The van der Waals surface area contributed by atoms with E-state index in [4.69, 9.17) is 38.9 Å². The monoisotopic (exact) mass is 1660 g/mol. The molecule has 124 heavy (non-hydrogen) atoms. The minimum atomic E-state index is 0.642. The number of ether oxygens (including phenoxy) is 4. The van der Waals surface area contributed by atoms with Crippen LogP contribution in [0.1, 0.15) is 329 Å². The zero-order valence-electron chi connectivity index (χ0n) is 77.6. The lowest BCUT2D eigenvalue weighted by atomic mass is 9.92. The van der Waals surface area contributed by atoms with Crippen molar-refractivity contribution in [3.05, 3.63) is 211 Å². The van der Waals surface area contributed by atoms with Gasteiger partial charge in [0, 0.05) is 44.3 Å². The smallest absolute Gasteiger partial charge is 0.119 e. The van der Waals surface area contributed by atoms with Crippen molar-refractivity contribution >= 4 is 88.7 Å². The van der Waals surface area contributed by atoms with E-state index in [1.807, 2.05) is 0 Å². The van der Waals surface area contributed by atoms with Crippen LogP contribution in [-0.2, 0) is 51.4 Å². The molecule has 8 aliphatic rings. The Labute approximate surface area is 738 Å². The number of hydrogen-bond acceptors (Lipinski definition) is 8. The second-order valence-electron chi connectivity index (χ2n) is 34.2. The SMILES string of the molecule is CCC1=C(CC)c2nc1cc1[nH]c(c(CC)c1CC)c1c3nc(cc4[nH]c(c(CC)c4CC)c2-c2cccc(c2)OCCCCCCCCOc2cccc(c2)-c2c4nc(cc5[nH]c(c(CC)c5CC)c(c5nc(cc6[nH]c2c(CC)c6CC)C(CC)=C5CC)-c2cccc(c2)OCCCCCCCCOc2cccc-1c2)C(CC)=C4CC)C(CC)=C3CC. The number of hydrogen-bond donors (Lipinski definition) is 4. The van der Waals surface area contributed by atoms with Gasteiger partial charge in [0.25, 0.3) is 0 Å². The van der Waals surface area contributed by atoms with Gasteiger partial charge < -0.3 is 38.9 Å². The van der Waals surface area contributed by atoms with Gasteiger partial charge in [-0.05, 0) is 313 Å². The summed E-state index contributed by atoms with van der Waals surface area (Å²) >= 11 is 0. The van der Waals surface area contributed by atoms with Crippen LogP contribution < -0.4 is 18.9 Å². The predicted molar refractivity (Wildman–Crippen MR) is 526 cm³/mol. The van der Waals surface area contributed by atoms with E-state index in [1.54, 1.807) is 0 Å². The van der Waals surface area contributed by atoms with Gasteiger partial charge in [0.15, 0.2) is 0 Å². The highest BCUT2D eigenvalue weighted by molar-refractivity contribution is 6.07. The van der Waals surface area contributed by atoms with Crippen LogP contribution in [0.15, 0.2) is 121 Å². The number of nitrogens with one attached hydrogen (secondary N) is 4. The Hall–Kier alpha value is -10.7. The molecule has 10 aromatic rings. The number of aryl methyl sites for hydroxylation is 8. The third-order valence-corrected chi connectivity index (χ3v) is 27.1. The number of aromatic nitrogens is 8. The van der Waals surface area contributed by atoms with Gasteiger partial charge in [0.1, 0.15) is 23.0 Å². The Morgan fingerprint density at radius 2 is 0.411 bits per heavy atom. The molecule has 14 heterocycles. The highest BCUT2D eigenvalue weighted by atomic mass is 16.5. The first-order chi connectivity index (χ1) is 60.8. The van der Waals surface area contributed by atoms with Crippen LogP contribution in [0.4, 0.5) is 0 Å². The van der Waals surface area contributed by atoms with E-state index in [9.17, 15) is 0 Å². The average Bonchev–Trinajstić information content (AvgIpc) is 1.59. The minimum Gasteiger partial charge on any atom is -0.494 e. The van der Waals surface area contributed by atoms with E-state index >= 15 is 0 Å². The van der Waals surface area contributed by atoms with Crippen molar-refractivity contribution in [3.8, 4) is 67.5 Å². The Kier molecular flexibility index (Phi) is 28.8. The number of allylic oxidation sites excluding steroid dienone is 8. The summed E-state index contributed by atoms with van der Waals surface area (Å²) in [6, 6.07) is 45.0. The van der Waals surface area contributed by atoms with Gasteiger partial charge in [-0.15, -0.1) is 0 Å². The molecular weight excluding hydrogens is 1520 g/mol. The molecular formula is C112H136N8O4. The highest BCUT2D eigenvalue weighted by Crippen LogP contribution is 2.50. The maximum absolute atomic E-state index is 6.83. The second kappa shape index (κ2) is 40.5. The summed E-state index contributed by atoms with van der Waals surface area (Å²) in [6.45, 7) is 39.6. The molecule has 0 saturated carbocycles. The summed E-state index contributed by atoms with van der Waals surface area (Å²) in [5, 5.41) is 0. The number of aromatic amines is 4. The third kappa shape index (κ3) is 17.4. The minimum absolute atomic E-state index is 0.642. The number of H-pyrrole nitrogens is 4. The van der Waals surface area contributed by atoms with Gasteiger partial charge in [-0.25, -0.2) is 19.9 Å². The van der Waals surface area contributed by atoms with Crippen molar-refractivity contribution in [2.24, 2.45) is 0 Å². The Morgan fingerprint density at radius 1 is 0.218 bits per heavy atom. The first-order valence-corrected chi connectivity index (χ1v) is 48.3. The molecule has 648 valence electrons. The van der Waals surface area contributed by atoms with E-state index in [2.05, 4.69) is 252 Å². The fourth-order valence-electron chi connectivity index (χ4n) is 21.2. The molecule has 12 nitrogen and oxygen atoms in total. The van der Waals surface area contributed by atoms with Crippen LogP contribution >= 0.6 is 0 Å². The van der Waals surface area contributed by atoms with E-state index in [1.165, 1.54) is 89.1 Å². The van der Waals surface area contributed by atoms with Crippen molar-refractivity contribution in [2.45, 2.75) is 291 Å². The third-order valence-electron chi connectivity index (χ3n) is 27.1. The number of benzene rings is 4. The molecule has 8 aliphatic heterocycles. The van der Waals surface area contributed by atoms with Gasteiger partial charge in [-0.3, -0.25) is 0 Å². The van der Waals surface area contributed by atoms with Crippen LogP contribution in [0.25, 0.3) is 133 Å². The predicted octanol–water partition coefficient (Wildman–Crippen LogP) is 30.9. The van der Waals surface area contributed by atoms with Crippen LogP contribution in [0.3, 0.4) is 0 Å². The van der Waals surface area contributed by atoms with Gasteiger partial charge in [-0.1, -0.05) is 211 Å². The van der Waals surface area contributed by atoms with E-state index in [-0.39, 0.29) is 0 Å². The van der Waals surface area contributed by atoms with Gasteiger partial charge >= 0.3 is 0 Å². The molecule has 0 aliphatic carbocycles. The molecule has 18 rings (SSSR count). The van der Waals surface area contributed by atoms with E-state index < -0.39 is 0 Å². The van der Waals surface area contributed by atoms with Crippen molar-refractivity contribution in [1.82, 2.24) is 39.9 Å². The topological polar surface area (TPSA) is 152 Å². The zero-order chi connectivity index (χ0) is 86.7. The number of rotatable bonds is 16. The molecule has 28 bridgehead atoms. The Balaban J connectivity index is 0.818. The highest BCUT2D eigenvalue weighted by Gasteiger charge is 2.32. The quantitative estimate of drug-likeness (QED) is 0.0746. The van der Waals surface area contributed by atoms with Gasteiger partial charge in [0.2, 0.25) is 0 Å². The Bertz CT molecular complexity index is 5380. The van der Waals surface area contributed by atoms with Crippen molar-refractivity contribution in [1.29, 1.82) is 0 Å². The van der Waals surface area contributed by atoms with E-state index in [0.29, 0.717) is 26.4 Å². The molecule has 0 amide bonds. The normalized spacial score (nSPS) is 14.9. The van der Waals surface area contributed by atoms with Crippen LogP contribution in [0.5, 0.6) is 23.0 Å². The maximum atomic E-state index is 6.83. The molecule has 0 spiro atoms. The Morgan fingerprint density at radius 3 is 0.597 bits per heavy atom. The van der Waals surface area contributed by atoms with Crippen LogP contribution in [-0.4, -0.2) is 66.3 Å². The molecule has 0 radical (unpaired) electrons. The number of nitrogens with zero attached hydrogens (tertiary/aromatic N) is 4. The summed E-state index contributed by atoms with van der Waals surface area (Å²) in [6.07, 6.45) is 26.4. The molecule has 0 saturated heterocycles. The van der Waals surface area contributed by atoms with Crippen molar-refractivity contribution in [2.75, 3.05) is 26.4 Å². The largest absolute Gasteiger partial charge is 0.494 e. The molecule has 0 fully saturated rings. The molecule has 6 aromatic heterocycles. The maximum Gasteiger partial charge on any atom is 0.119 e. The fourth-order valence-corrected chi connectivity index (χ4v) is 21.2. The van der Waals surface area contributed by atoms with Crippen LogP contribution in [0.2, 0.25) is 0 Å². The summed E-state index contributed by atoms with van der Waals surface area (Å²) in [5.41, 5.74) is 47.1. The van der Waals surface area contributed by atoms with E-state index in [0.717, 1.165) is 337 Å². The molecule has 0 atom stereocenters. The summed E-state index contributed by atoms with van der Waals surface area (Å²) < 4.78 is 27.3. The molecule has 12 heteroatoms. The molecule has 4 aromatic carbocycles.